The van der Waals surface area contributed by atoms with Crippen molar-refractivity contribution in [1.29, 1.82) is 0 Å². The highest BCUT2D eigenvalue weighted by molar-refractivity contribution is 6.13. The lowest BCUT2D eigenvalue weighted by molar-refractivity contribution is -0.626. The van der Waals surface area contributed by atoms with E-state index in [4.69, 9.17) is 24.0 Å². The Kier molecular flexibility index (Phi) is 5.76. The van der Waals surface area contributed by atoms with Crippen LogP contribution in [0.3, 0.4) is 0 Å². The maximum Gasteiger partial charge on any atom is 0.341 e. The molecule has 0 unspecified atom stereocenters. The zero-order valence-electron chi connectivity index (χ0n) is 23.9. The minimum absolute atomic E-state index is 0.0492. The van der Waals surface area contributed by atoms with Crippen LogP contribution in [0.4, 0.5) is 0 Å². The van der Waals surface area contributed by atoms with Gasteiger partial charge in [-0.2, -0.15) is 4.89 Å². The molecule has 0 bridgehead atoms. The smallest absolute Gasteiger partial charge is 0.341 e. The zero-order chi connectivity index (χ0) is 28.7. The molecule has 7 nitrogen and oxygen atoms in total. The summed E-state index contributed by atoms with van der Waals surface area (Å²) >= 11 is 0. The maximum atomic E-state index is 12.9. The summed E-state index contributed by atoms with van der Waals surface area (Å²) in [5.41, 5.74) is 0.765. The molecule has 1 N–H and O–H groups in total. The lowest BCUT2D eigenvalue weighted by atomic mass is 9.57. The van der Waals surface area contributed by atoms with Crippen molar-refractivity contribution in [3.8, 4) is 22.6 Å². The first kappa shape index (κ1) is 26.6. The molecule has 208 valence electrons. The molecule has 2 atom stereocenters. The second kappa shape index (κ2) is 8.67. The molecular weight excluding hydrogens is 508 g/mol. The number of hydrogen-bond donors (Lipinski definition) is 1. The molecule has 40 heavy (non-hydrogen) atoms. The SMILES string of the molecule is COC(=O)c1cc2ccccc2c(-c2c(O)ccc3c([C@@]45OCC(C)(C)[C@]4(C(C)(C)C)OO5)cccc23)c1OC. The molecule has 4 aromatic carbocycles. The highest BCUT2D eigenvalue weighted by Gasteiger charge is 2.81. The van der Waals surface area contributed by atoms with Crippen molar-refractivity contribution < 1.29 is 33.9 Å². The number of phenols is 1. The molecule has 0 amide bonds. The Morgan fingerprint density at radius 1 is 0.900 bits per heavy atom. The predicted octanol–water partition coefficient (Wildman–Crippen LogP) is 7.12. The Labute approximate surface area is 233 Å². The van der Waals surface area contributed by atoms with Crippen molar-refractivity contribution in [2.45, 2.75) is 46.0 Å². The van der Waals surface area contributed by atoms with E-state index in [1.807, 2.05) is 48.5 Å². The molecule has 6 rings (SSSR count). The van der Waals surface area contributed by atoms with Crippen molar-refractivity contribution in [3.05, 3.63) is 71.8 Å². The minimum Gasteiger partial charge on any atom is -0.507 e. The van der Waals surface area contributed by atoms with Gasteiger partial charge in [0.25, 0.3) is 5.79 Å². The van der Waals surface area contributed by atoms with Crippen molar-refractivity contribution in [3.63, 3.8) is 0 Å². The molecule has 2 aliphatic rings. The number of benzene rings is 4. The molecule has 0 aromatic heterocycles. The summed E-state index contributed by atoms with van der Waals surface area (Å²) in [5, 5.41) is 14.6. The summed E-state index contributed by atoms with van der Waals surface area (Å²) in [6, 6.07) is 18.8. The Balaban J connectivity index is 1.70. The van der Waals surface area contributed by atoms with Crippen LogP contribution in [0.2, 0.25) is 0 Å². The molecule has 7 heteroatoms. The van der Waals surface area contributed by atoms with Crippen molar-refractivity contribution in [2.75, 3.05) is 20.8 Å². The number of carbonyl (C=O) groups excluding carboxylic acids is 1. The van der Waals surface area contributed by atoms with E-state index in [1.54, 1.807) is 12.1 Å². The van der Waals surface area contributed by atoms with Crippen LogP contribution >= 0.6 is 0 Å². The van der Waals surface area contributed by atoms with Crippen LogP contribution in [0.25, 0.3) is 32.7 Å². The number of rotatable bonds is 4. The van der Waals surface area contributed by atoms with Crippen molar-refractivity contribution in [1.82, 2.24) is 0 Å². The second-order valence-electron chi connectivity index (χ2n) is 12.3. The minimum atomic E-state index is -1.15. The number of phenolic OH excluding ortho intramolecular Hbond substituents is 1. The number of esters is 1. The lowest BCUT2D eigenvalue weighted by Gasteiger charge is -2.61. The summed E-state index contributed by atoms with van der Waals surface area (Å²) < 4.78 is 17.5. The van der Waals surface area contributed by atoms with E-state index in [9.17, 15) is 9.90 Å². The molecule has 0 saturated carbocycles. The van der Waals surface area contributed by atoms with Gasteiger partial charge in [-0.3, -0.25) is 0 Å². The number of methoxy groups -OCH3 is 2. The number of hydrogen-bond acceptors (Lipinski definition) is 7. The van der Waals surface area contributed by atoms with Crippen LogP contribution < -0.4 is 4.74 Å². The fourth-order valence-corrected chi connectivity index (χ4v) is 7.16. The average Bonchev–Trinajstić information content (AvgIpc) is 3.07. The van der Waals surface area contributed by atoms with Crippen LogP contribution in [-0.4, -0.2) is 37.5 Å². The van der Waals surface area contributed by atoms with Gasteiger partial charge in [0, 0.05) is 27.5 Å². The normalized spacial score (nSPS) is 23.6. The third-order valence-electron chi connectivity index (χ3n) is 8.65. The standard InChI is InChI=1S/C33H34O7/c1-30(2,3)33-31(4,5)18-38-32(33,39-40-33)24-14-10-13-22-21(24)15-16-25(34)26(22)27-20-12-9-8-11-19(20)17-23(28(27)36-6)29(35)37-7/h8-17,34H,18H2,1-7H3/t32-,33-/m0/s1. The lowest BCUT2D eigenvalue weighted by Crippen LogP contribution is -2.73. The highest BCUT2D eigenvalue weighted by Crippen LogP contribution is 2.69. The number of carbonyl (C=O) groups is 1. The van der Waals surface area contributed by atoms with Gasteiger partial charge in [0.1, 0.15) is 17.1 Å². The van der Waals surface area contributed by atoms with E-state index in [0.29, 0.717) is 23.5 Å². The molecular formula is C33H34O7. The Bertz CT molecular complexity index is 1680. The Morgan fingerprint density at radius 3 is 2.27 bits per heavy atom. The molecule has 2 fully saturated rings. The third kappa shape index (κ3) is 3.20. The molecule has 2 aliphatic heterocycles. The van der Waals surface area contributed by atoms with Crippen LogP contribution in [-0.2, 0) is 25.0 Å². The summed E-state index contributed by atoms with van der Waals surface area (Å²) in [4.78, 5) is 24.9. The van der Waals surface area contributed by atoms with Crippen molar-refractivity contribution >= 4 is 27.5 Å². The number of ether oxygens (including phenoxy) is 3. The van der Waals surface area contributed by atoms with Crippen LogP contribution in [0.5, 0.6) is 11.5 Å². The van der Waals surface area contributed by atoms with E-state index in [0.717, 1.165) is 27.1 Å². The van der Waals surface area contributed by atoms with E-state index in [1.165, 1.54) is 14.2 Å². The summed E-state index contributed by atoms with van der Waals surface area (Å²) in [7, 11) is 2.85. The van der Waals surface area contributed by atoms with Gasteiger partial charge in [-0.05, 0) is 33.7 Å². The largest absolute Gasteiger partial charge is 0.507 e. The fourth-order valence-electron chi connectivity index (χ4n) is 7.16. The summed E-state index contributed by atoms with van der Waals surface area (Å²) in [6.07, 6.45) is 0. The molecule has 2 heterocycles. The first-order valence-corrected chi connectivity index (χ1v) is 13.4. The van der Waals surface area contributed by atoms with Crippen molar-refractivity contribution in [2.24, 2.45) is 10.8 Å². The topological polar surface area (TPSA) is 83.5 Å². The van der Waals surface area contributed by atoms with Gasteiger partial charge in [-0.15, -0.1) is 0 Å². The maximum absolute atomic E-state index is 12.9. The van der Waals surface area contributed by atoms with Gasteiger partial charge in [0.2, 0.25) is 0 Å². The molecule has 2 saturated heterocycles. The predicted molar refractivity (Wildman–Crippen MR) is 152 cm³/mol. The van der Waals surface area contributed by atoms with Gasteiger partial charge in [-0.1, -0.05) is 83.1 Å². The van der Waals surface area contributed by atoms with E-state index in [-0.39, 0.29) is 22.1 Å². The molecule has 0 spiro atoms. The highest BCUT2D eigenvalue weighted by atomic mass is 17.3. The third-order valence-corrected chi connectivity index (χ3v) is 8.65. The molecule has 4 aromatic rings. The number of aromatic hydroxyl groups is 1. The van der Waals surface area contributed by atoms with E-state index < -0.39 is 17.4 Å². The van der Waals surface area contributed by atoms with Gasteiger partial charge >= 0.3 is 5.97 Å². The van der Waals surface area contributed by atoms with E-state index >= 15 is 0 Å². The first-order chi connectivity index (χ1) is 18.9. The van der Waals surface area contributed by atoms with E-state index in [2.05, 4.69) is 34.6 Å². The van der Waals surface area contributed by atoms with Crippen LogP contribution in [0.1, 0.15) is 50.5 Å². The zero-order valence-corrected chi connectivity index (χ0v) is 23.9. The summed E-state index contributed by atoms with van der Waals surface area (Å²) in [5.74, 6) is -1.31. The quantitative estimate of drug-likeness (QED) is 0.217. The van der Waals surface area contributed by atoms with Gasteiger partial charge < -0.3 is 19.3 Å². The Hall–Kier alpha value is -3.65. The fraction of sp³-hybridized carbons (Fsp3) is 0.364. The number of fused-ring (bicyclic) bond motifs is 3. The van der Waals surface area contributed by atoms with Gasteiger partial charge in [0.05, 0.1) is 20.8 Å². The monoisotopic (exact) mass is 542 g/mol. The van der Waals surface area contributed by atoms with Crippen LogP contribution in [0.15, 0.2) is 60.7 Å². The summed E-state index contributed by atoms with van der Waals surface area (Å²) in [6.45, 7) is 11.1. The first-order valence-electron chi connectivity index (χ1n) is 13.4. The molecule has 0 radical (unpaired) electrons. The molecule has 0 aliphatic carbocycles. The van der Waals surface area contributed by atoms with Gasteiger partial charge in [0.15, 0.2) is 5.60 Å². The van der Waals surface area contributed by atoms with Crippen LogP contribution in [0, 0.1) is 10.8 Å². The second-order valence-corrected chi connectivity index (χ2v) is 12.3. The van der Waals surface area contributed by atoms with Gasteiger partial charge in [-0.25, -0.2) is 9.68 Å². The average molecular weight is 543 g/mol. The Morgan fingerprint density at radius 2 is 1.62 bits per heavy atom.